The number of benzene rings is 2. The summed E-state index contributed by atoms with van der Waals surface area (Å²) in [4.78, 5) is 36.9. The van der Waals surface area contributed by atoms with Crippen molar-refractivity contribution in [2.45, 2.75) is 19.4 Å². The highest BCUT2D eigenvalue weighted by atomic mass is 19.1. The Labute approximate surface area is 222 Å². The molecular weight excluding hydrogens is 483 g/mol. The zero-order valence-electron chi connectivity index (χ0n) is 21.7. The molecule has 0 aliphatic carbocycles. The van der Waals surface area contributed by atoms with Crippen LogP contribution in [-0.2, 0) is 6.54 Å². The number of aromatic nitrogens is 1. The average Bonchev–Trinajstić information content (AvgIpc) is 2.98. The Hall–Kier alpha value is -3.78. The lowest BCUT2D eigenvalue weighted by atomic mass is 9.89. The average molecular weight is 517 g/mol. The second-order valence-corrected chi connectivity index (χ2v) is 9.95. The summed E-state index contributed by atoms with van der Waals surface area (Å²) in [6.45, 7) is 5.11. The Bertz CT molecular complexity index is 1230. The number of piperidine rings is 1. The number of methoxy groups -OCH3 is 1. The first-order valence-electron chi connectivity index (χ1n) is 13.2. The van der Waals surface area contributed by atoms with Gasteiger partial charge < -0.3 is 14.5 Å². The van der Waals surface area contributed by atoms with E-state index in [9.17, 15) is 14.0 Å². The molecule has 1 amide bonds. The molecule has 2 saturated heterocycles. The minimum atomic E-state index is -0.229. The van der Waals surface area contributed by atoms with Crippen LogP contribution in [-0.4, -0.2) is 72.9 Å². The van der Waals surface area contributed by atoms with Gasteiger partial charge in [0.25, 0.3) is 5.91 Å². The van der Waals surface area contributed by atoms with Crippen LogP contribution in [0, 0.1) is 11.7 Å². The van der Waals surface area contributed by atoms with E-state index >= 15 is 0 Å². The standard InChI is InChI=1S/C30H33FN4O3/c1-38-27-9-4-23(5-10-27)29(36)24-12-14-34(15-13-24)28-11-6-25(20-32-28)30(37)35-18-16-33(17-19-35)21-22-2-7-26(31)8-3-22/h2-11,20,24H,12-19,21H2,1H3. The van der Waals surface area contributed by atoms with E-state index in [4.69, 9.17) is 4.74 Å². The van der Waals surface area contributed by atoms with Crippen molar-refractivity contribution in [3.05, 3.63) is 89.4 Å². The smallest absolute Gasteiger partial charge is 0.255 e. The summed E-state index contributed by atoms with van der Waals surface area (Å²) >= 11 is 0. The van der Waals surface area contributed by atoms with Gasteiger partial charge in [0.05, 0.1) is 12.7 Å². The summed E-state index contributed by atoms with van der Waals surface area (Å²) in [5.41, 5.74) is 2.38. The summed E-state index contributed by atoms with van der Waals surface area (Å²) in [6.07, 6.45) is 3.21. The predicted octanol–water partition coefficient (Wildman–Crippen LogP) is 4.29. The van der Waals surface area contributed by atoms with Gasteiger partial charge >= 0.3 is 0 Å². The van der Waals surface area contributed by atoms with Crippen molar-refractivity contribution in [2.75, 3.05) is 51.3 Å². The lowest BCUT2D eigenvalue weighted by molar-refractivity contribution is 0.0628. The molecule has 0 spiro atoms. The highest BCUT2D eigenvalue weighted by Gasteiger charge is 2.27. The number of carbonyl (C=O) groups is 2. The van der Waals surface area contributed by atoms with Crippen molar-refractivity contribution < 1.29 is 18.7 Å². The Kier molecular flexibility index (Phi) is 7.98. The first-order chi connectivity index (χ1) is 18.5. The molecule has 38 heavy (non-hydrogen) atoms. The quantitative estimate of drug-likeness (QED) is 0.437. The van der Waals surface area contributed by atoms with Gasteiger partial charge in [0, 0.05) is 63.5 Å². The molecule has 2 aliphatic rings. The molecule has 5 rings (SSSR count). The van der Waals surface area contributed by atoms with Crippen LogP contribution in [0.4, 0.5) is 10.2 Å². The number of piperazine rings is 1. The fourth-order valence-corrected chi connectivity index (χ4v) is 5.20. The molecule has 0 saturated carbocycles. The third-order valence-electron chi connectivity index (χ3n) is 7.54. The summed E-state index contributed by atoms with van der Waals surface area (Å²) in [5, 5.41) is 0. The zero-order valence-corrected chi connectivity index (χ0v) is 21.7. The maximum atomic E-state index is 13.1. The van der Waals surface area contributed by atoms with E-state index in [1.54, 1.807) is 25.4 Å². The number of anilines is 1. The Morgan fingerprint density at radius 2 is 1.53 bits per heavy atom. The van der Waals surface area contributed by atoms with Gasteiger partial charge in [0.2, 0.25) is 0 Å². The van der Waals surface area contributed by atoms with E-state index < -0.39 is 0 Å². The molecule has 2 fully saturated rings. The molecule has 8 heteroatoms. The van der Waals surface area contributed by atoms with Crippen molar-refractivity contribution in [3.8, 4) is 5.75 Å². The Balaban J connectivity index is 1.10. The van der Waals surface area contributed by atoms with Gasteiger partial charge in [0.1, 0.15) is 17.4 Å². The maximum Gasteiger partial charge on any atom is 0.255 e. The molecule has 0 unspecified atom stereocenters. The zero-order chi connectivity index (χ0) is 26.5. The van der Waals surface area contributed by atoms with Gasteiger partial charge in [-0.05, 0) is 66.9 Å². The second kappa shape index (κ2) is 11.7. The fraction of sp³-hybridized carbons (Fsp3) is 0.367. The van der Waals surface area contributed by atoms with Crippen molar-refractivity contribution in [1.82, 2.24) is 14.8 Å². The summed E-state index contributed by atoms with van der Waals surface area (Å²) in [5.74, 6) is 1.53. The van der Waals surface area contributed by atoms with Gasteiger partial charge in [-0.25, -0.2) is 9.37 Å². The van der Waals surface area contributed by atoms with Crippen molar-refractivity contribution >= 4 is 17.5 Å². The molecule has 0 atom stereocenters. The minimum absolute atomic E-state index is 0.00206. The van der Waals surface area contributed by atoms with Crippen LogP contribution in [0.1, 0.15) is 39.1 Å². The molecule has 7 nitrogen and oxygen atoms in total. The number of amides is 1. The lowest BCUT2D eigenvalue weighted by Gasteiger charge is -2.35. The third-order valence-corrected chi connectivity index (χ3v) is 7.54. The highest BCUT2D eigenvalue weighted by Crippen LogP contribution is 2.26. The third kappa shape index (κ3) is 6.02. The highest BCUT2D eigenvalue weighted by molar-refractivity contribution is 5.98. The van der Waals surface area contributed by atoms with Gasteiger partial charge in [-0.1, -0.05) is 12.1 Å². The number of pyridine rings is 1. The van der Waals surface area contributed by atoms with Crippen LogP contribution in [0.25, 0.3) is 0 Å². The monoisotopic (exact) mass is 516 g/mol. The largest absolute Gasteiger partial charge is 0.497 e. The van der Waals surface area contributed by atoms with E-state index in [-0.39, 0.29) is 23.4 Å². The van der Waals surface area contributed by atoms with Crippen LogP contribution in [0.5, 0.6) is 5.75 Å². The number of Topliss-reactive ketones (excluding diaryl/α,β-unsaturated/α-hetero) is 1. The van der Waals surface area contributed by atoms with Gasteiger partial charge in [-0.3, -0.25) is 14.5 Å². The van der Waals surface area contributed by atoms with Crippen molar-refractivity contribution in [2.24, 2.45) is 5.92 Å². The van der Waals surface area contributed by atoms with Crippen LogP contribution in [0.3, 0.4) is 0 Å². The predicted molar refractivity (Wildman–Crippen MR) is 144 cm³/mol. The van der Waals surface area contributed by atoms with Crippen LogP contribution in [0.2, 0.25) is 0 Å². The second-order valence-electron chi connectivity index (χ2n) is 9.95. The Morgan fingerprint density at radius 3 is 2.13 bits per heavy atom. The topological polar surface area (TPSA) is 66.0 Å². The molecule has 3 aromatic rings. The number of ketones is 1. The number of nitrogens with zero attached hydrogens (tertiary/aromatic N) is 4. The minimum Gasteiger partial charge on any atom is -0.497 e. The first kappa shape index (κ1) is 25.9. The molecule has 0 N–H and O–H groups in total. The molecule has 0 bridgehead atoms. The number of hydrogen-bond donors (Lipinski definition) is 0. The van der Waals surface area contributed by atoms with Gasteiger partial charge in [-0.2, -0.15) is 0 Å². The number of carbonyl (C=O) groups excluding carboxylic acids is 2. The van der Waals surface area contributed by atoms with E-state index in [1.807, 2.05) is 41.3 Å². The Morgan fingerprint density at radius 1 is 0.868 bits per heavy atom. The lowest BCUT2D eigenvalue weighted by Crippen LogP contribution is -2.48. The van der Waals surface area contributed by atoms with E-state index in [0.29, 0.717) is 18.7 Å². The van der Waals surface area contributed by atoms with E-state index in [1.165, 1.54) is 12.1 Å². The van der Waals surface area contributed by atoms with Gasteiger partial charge in [0.15, 0.2) is 5.78 Å². The first-order valence-corrected chi connectivity index (χ1v) is 13.2. The van der Waals surface area contributed by atoms with Crippen LogP contribution in [0.15, 0.2) is 66.9 Å². The van der Waals surface area contributed by atoms with Crippen molar-refractivity contribution in [3.63, 3.8) is 0 Å². The van der Waals surface area contributed by atoms with Crippen LogP contribution >= 0.6 is 0 Å². The molecule has 2 aromatic carbocycles. The number of hydrogen-bond acceptors (Lipinski definition) is 6. The molecule has 198 valence electrons. The maximum absolute atomic E-state index is 13.1. The summed E-state index contributed by atoms with van der Waals surface area (Å²) in [7, 11) is 1.61. The normalized spacial score (nSPS) is 16.9. The molecule has 0 radical (unpaired) electrons. The molecule has 3 heterocycles. The van der Waals surface area contributed by atoms with E-state index in [2.05, 4.69) is 14.8 Å². The summed E-state index contributed by atoms with van der Waals surface area (Å²) < 4.78 is 18.3. The number of rotatable bonds is 7. The number of halogens is 1. The number of ether oxygens (including phenoxy) is 1. The molecule has 1 aromatic heterocycles. The van der Waals surface area contributed by atoms with E-state index in [0.717, 1.165) is 68.3 Å². The van der Waals surface area contributed by atoms with Crippen molar-refractivity contribution in [1.29, 1.82) is 0 Å². The summed E-state index contributed by atoms with van der Waals surface area (Å²) in [6, 6.07) is 17.6. The van der Waals surface area contributed by atoms with Gasteiger partial charge in [-0.15, -0.1) is 0 Å². The fourth-order valence-electron chi connectivity index (χ4n) is 5.20. The molecule has 2 aliphatic heterocycles. The molecular formula is C30H33FN4O3. The SMILES string of the molecule is COc1ccc(C(=O)C2CCN(c3ccc(C(=O)N4CCN(Cc5ccc(F)cc5)CC4)cn3)CC2)cc1. The van der Waals surface area contributed by atoms with Crippen LogP contribution < -0.4 is 9.64 Å².